The highest BCUT2D eigenvalue weighted by Crippen LogP contribution is 2.09. The molecular formula is C8H14N2O. The first-order valence-electron chi connectivity index (χ1n) is 3.76. The largest absolute Gasteiger partial charge is 0.462 e. The van der Waals surface area contributed by atoms with Crippen molar-refractivity contribution in [3.63, 3.8) is 0 Å². The lowest BCUT2D eigenvalue weighted by molar-refractivity contribution is 0.215. The van der Waals surface area contributed by atoms with Gasteiger partial charge in [-0.3, -0.25) is 0 Å². The molecule has 0 amide bonds. The van der Waals surface area contributed by atoms with E-state index >= 15 is 0 Å². The van der Waals surface area contributed by atoms with Crippen LogP contribution in [0.15, 0.2) is 6.20 Å². The minimum atomic E-state index is 0.190. The van der Waals surface area contributed by atoms with Gasteiger partial charge in [-0.05, 0) is 20.8 Å². The second-order valence-corrected chi connectivity index (χ2v) is 2.94. The van der Waals surface area contributed by atoms with Crippen molar-refractivity contribution in [1.29, 1.82) is 0 Å². The van der Waals surface area contributed by atoms with Crippen LogP contribution in [0.5, 0.6) is 6.01 Å². The van der Waals surface area contributed by atoms with Crippen molar-refractivity contribution in [3.8, 4) is 6.01 Å². The molecule has 0 aromatic carbocycles. The molecule has 0 aliphatic rings. The molecule has 3 nitrogen and oxygen atoms in total. The summed E-state index contributed by atoms with van der Waals surface area (Å²) in [6.45, 7) is 5.93. The molecular weight excluding hydrogens is 140 g/mol. The number of rotatable bonds is 2. The summed E-state index contributed by atoms with van der Waals surface area (Å²) in [4.78, 5) is 4.19. The van der Waals surface area contributed by atoms with Crippen molar-refractivity contribution in [2.24, 2.45) is 7.05 Å². The van der Waals surface area contributed by atoms with Gasteiger partial charge < -0.3 is 9.30 Å². The first kappa shape index (κ1) is 8.11. The zero-order valence-corrected chi connectivity index (χ0v) is 7.46. The van der Waals surface area contributed by atoms with Gasteiger partial charge in [-0.25, -0.2) is 4.98 Å². The van der Waals surface area contributed by atoms with E-state index in [2.05, 4.69) is 4.98 Å². The van der Waals surface area contributed by atoms with E-state index in [-0.39, 0.29) is 6.10 Å². The number of hydrogen-bond donors (Lipinski definition) is 0. The molecule has 62 valence electrons. The van der Waals surface area contributed by atoms with Crippen molar-refractivity contribution >= 4 is 0 Å². The van der Waals surface area contributed by atoms with E-state index in [1.54, 1.807) is 0 Å². The van der Waals surface area contributed by atoms with Crippen LogP contribution in [0.1, 0.15) is 19.5 Å². The van der Waals surface area contributed by atoms with Crippen LogP contribution >= 0.6 is 0 Å². The fourth-order valence-corrected chi connectivity index (χ4v) is 0.914. The highest BCUT2D eigenvalue weighted by Gasteiger charge is 2.03. The average molecular weight is 154 g/mol. The number of aromatic nitrogens is 2. The minimum absolute atomic E-state index is 0.190. The Bertz CT molecular complexity index is 240. The standard InChI is InChI=1S/C8H14N2O/c1-6(2)11-8-9-7(3)5-10(8)4/h5-6H,1-4H3. The highest BCUT2D eigenvalue weighted by molar-refractivity contribution is 5.05. The van der Waals surface area contributed by atoms with E-state index in [0.717, 1.165) is 5.69 Å². The molecule has 11 heavy (non-hydrogen) atoms. The van der Waals surface area contributed by atoms with Crippen LogP contribution in [0, 0.1) is 6.92 Å². The third-order valence-electron chi connectivity index (χ3n) is 1.30. The van der Waals surface area contributed by atoms with Crippen molar-refractivity contribution in [3.05, 3.63) is 11.9 Å². The van der Waals surface area contributed by atoms with Gasteiger partial charge in [-0.15, -0.1) is 0 Å². The Labute approximate surface area is 67.0 Å². The normalized spacial score (nSPS) is 10.6. The molecule has 0 aliphatic heterocycles. The Hall–Kier alpha value is -0.990. The summed E-state index contributed by atoms with van der Waals surface area (Å²) in [7, 11) is 1.93. The molecule has 0 saturated heterocycles. The maximum Gasteiger partial charge on any atom is 0.296 e. The van der Waals surface area contributed by atoms with E-state index in [1.165, 1.54) is 0 Å². The lowest BCUT2D eigenvalue weighted by Crippen LogP contribution is -2.09. The van der Waals surface area contributed by atoms with Crippen LogP contribution in [0.2, 0.25) is 0 Å². The van der Waals surface area contributed by atoms with Crippen LogP contribution in [-0.4, -0.2) is 15.7 Å². The predicted molar refractivity (Wildman–Crippen MR) is 43.7 cm³/mol. The van der Waals surface area contributed by atoms with Gasteiger partial charge >= 0.3 is 0 Å². The van der Waals surface area contributed by atoms with E-state index in [1.807, 2.05) is 38.6 Å². The molecule has 0 radical (unpaired) electrons. The van der Waals surface area contributed by atoms with Crippen LogP contribution in [-0.2, 0) is 7.05 Å². The van der Waals surface area contributed by atoms with Gasteiger partial charge in [0.2, 0.25) is 0 Å². The van der Waals surface area contributed by atoms with Crippen LogP contribution in [0.25, 0.3) is 0 Å². The number of ether oxygens (including phenoxy) is 1. The zero-order valence-electron chi connectivity index (χ0n) is 7.46. The number of nitrogens with zero attached hydrogens (tertiary/aromatic N) is 2. The molecule has 1 aromatic heterocycles. The second-order valence-electron chi connectivity index (χ2n) is 2.94. The lowest BCUT2D eigenvalue weighted by atomic mass is 10.5. The molecule has 1 rings (SSSR count). The van der Waals surface area contributed by atoms with Gasteiger partial charge in [0.1, 0.15) is 0 Å². The minimum Gasteiger partial charge on any atom is -0.462 e. The van der Waals surface area contributed by atoms with Crippen molar-refractivity contribution in [2.75, 3.05) is 0 Å². The van der Waals surface area contributed by atoms with E-state index < -0.39 is 0 Å². The molecule has 0 N–H and O–H groups in total. The Morgan fingerprint density at radius 1 is 1.55 bits per heavy atom. The summed E-state index contributed by atoms with van der Waals surface area (Å²) < 4.78 is 7.30. The molecule has 0 aliphatic carbocycles. The molecule has 0 spiro atoms. The summed E-state index contributed by atoms with van der Waals surface area (Å²) in [6, 6.07) is 0.692. The Kier molecular flexibility index (Phi) is 2.17. The third kappa shape index (κ3) is 1.97. The Morgan fingerprint density at radius 2 is 2.18 bits per heavy atom. The molecule has 0 atom stereocenters. The second kappa shape index (κ2) is 2.95. The number of hydrogen-bond acceptors (Lipinski definition) is 2. The van der Waals surface area contributed by atoms with Crippen LogP contribution < -0.4 is 4.74 Å². The number of imidazole rings is 1. The van der Waals surface area contributed by atoms with E-state index in [4.69, 9.17) is 4.74 Å². The molecule has 0 bridgehead atoms. The number of aryl methyl sites for hydroxylation is 2. The first-order chi connectivity index (χ1) is 5.09. The fourth-order valence-electron chi connectivity index (χ4n) is 0.914. The van der Waals surface area contributed by atoms with E-state index in [0.29, 0.717) is 6.01 Å². The predicted octanol–water partition coefficient (Wildman–Crippen LogP) is 1.52. The third-order valence-corrected chi connectivity index (χ3v) is 1.30. The summed E-state index contributed by atoms with van der Waals surface area (Å²) in [6.07, 6.45) is 2.13. The van der Waals surface area contributed by atoms with Gasteiger partial charge in [-0.1, -0.05) is 0 Å². The van der Waals surface area contributed by atoms with Gasteiger partial charge in [0.15, 0.2) is 0 Å². The molecule has 1 aromatic rings. The summed E-state index contributed by atoms with van der Waals surface area (Å²) in [5, 5.41) is 0. The summed E-state index contributed by atoms with van der Waals surface area (Å²) >= 11 is 0. The smallest absolute Gasteiger partial charge is 0.296 e. The van der Waals surface area contributed by atoms with Crippen molar-refractivity contribution in [1.82, 2.24) is 9.55 Å². The maximum absolute atomic E-state index is 5.42. The van der Waals surface area contributed by atoms with Crippen molar-refractivity contribution in [2.45, 2.75) is 26.9 Å². The fraction of sp³-hybridized carbons (Fsp3) is 0.625. The lowest BCUT2D eigenvalue weighted by Gasteiger charge is -2.07. The van der Waals surface area contributed by atoms with Gasteiger partial charge in [0, 0.05) is 13.2 Å². The molecule has 0 saturated carbocycles. The maximum atomic E-state index is 5.42. The van der Waals surface area contributed by atoms with Crippen LogP contribution in [0.3, 0.4) is 0 Å². The Balaban J connectivity index is 2.77. The highest BCUT2D eigenvalue weighted by atomic mass is 16.5. The summed E-state index contributed by atoms with van der Waals surface area (Å²) in [5.74, 6) is 0. The molecule has 3 heteroatoms. The van der Waals surface area contributed by atoms with Crippen LogP contribution in [0.4, 0.5) is 0 Å². The van der Waals surface area contributed by atoms with Gasteiger partial charge in [0.05, 0.1) is 11.8 Å². The van der Waals surface area contributed by atoms with Gasteiger partial charge in [-0.2, -0.15) is 0 Å². The van der Waals surface area contributed by atoms with Gasteiger partial charge in [0.25, 0.3) is 6.01 Å². The monoisotopic (exact) mass is 154 g/mol. The van der Waals surface area contributed by atoms with Crippen molar-refractivity contribution < 1.29 is 4.74 Å². The SMILES string of the molecule is Cc1cn(C)c(OC(C)C)n1. The topological polar surface area (TPSA) is 27.1 Å². The average Bonchev–Trinajstić information content (AvgIpc) is 2.09. The van der Waals surface area contributed by atoms with E-state index in [9.17, 15) is 0 Å². The summed E-state index contributed by atoms with van der Waals surface area (Å²) in [5.41, 5.74) is 0.989. The zero-order chi connectivity index (χ0) is 8.43. The molecule has 0 fully saturated rings. The molecule has 1 heterocycles. The Morgan fingerprint density at radius 3 is 2.55 bits per heavy atom. The molecule has 0 unspecified atom stereocenters. The quantitative estimate of drug-likeness (QED) is 0.645. The first-order valence-corrected chi connectivity index (χ1v) is 3.76.